The molecule has 0 spiro atoms. The quantitative estimate of drug-likeness (QED) is 0.374. The number of aliphatic carboxylic acids is 2. The SMILES string of the molecule is O=C(O)CN(CC(=O)O)CC(O)CO. The lowest BCUT2D eigenvalue weighted by molar-refractivity contribution is -0.142. The summed E-state index contributed by atoms with van der Waals surface area (Å²) in [6.07, 6.45) is -1.13. The summed E-state index contributed by atoms with van der Waals surface area (Å²) in [6.45, 7) is -1.68. The highest BCUT2D eigenvalue weighted by Gasteiger charge is 2.16. The number of hydrogen-bond donors (Lipinski definition) is 4. The largest absolute Gasteiger partial charge is 0.480 e. The molecule has 7 nitrogen and oxygen atoms in total. The molecule has 0 aromatic carbocycles. The average Bonchev–Trinajstić information content (AvgIpc) is 2.01. The van der Waals surface area contributed by atoms with Crippen LogP contribution in [-0.4, -0.2) is 69.6 Å². The highest BCUT2D eigenvalue weighted by Crippen LogP contribution is 1.92. The fourth-order valence-corrected chi connectivity index (χ4v) is 0.923. The Balaban J connectivity index is 4.09. The summed E-state index contributed by atoms with van der Waals surface area (Å²) in [4.78, 5) is 21.6. The Morgan fingerprint density at radius 1 is 1.14 bits per heavy atom. The molecule has 0 aliphatic heterocycles. The summed E-state index contributed by atoms with van der Waals surface area (Å²) < 4.78 is 0. The number of nitrogens with zero attached hydrogens (tertiary/aromatic N) is 1. The van der Waals surface area contributed by atoms with Gasteiger partial charge in [-0.1, -0.05) is 0 Å². The normalized spacial score (nSPS) is 12.8. The summed E-state index contributed by atoms with van der Waals surface area (Å²) in [5, 5.41) is 34.3. The van der Waals surface area contributed by atoms with Crippen LogP contribution in [0.15, 0.2) is 0 Å². The number of rotatable bonds is 7. The van der Waals surface area contributed by atoms with Crippen molar-refractivity contribution >= 4 is 11.9 Å². The molecule has 0 amide bonds. The summed E-state index contributed by atoms with van der Waals surface area (Å²) >= 11 is 0. The van der Waals surface area contributed by atoms with Crippen LogP contribution >= 0.6 is 0 Å². The minimum absolute atomic E-state index is 0.185. The molecule has 7 heteroatoms. The highest BCUT2D eigenvalue weighted by atomic mass is 16.4. The van der Waals surface area contributed by atoms with Gasteiger partial charge in [0.1, 0.15) is 0 Å². The van der Waals surface area contributed by atoms with Gasteiger partial charge in [0.2, 0.25) is 0 Å². The van der Waals surface area contributed by atoms with E-state index in [0.717, 1.165) is 4.90 Å². The van der Waals surface area contributed by atoms with Gasteiger partial charge in [-0.3, -0.25) is 14.5 Å². The van der Waals surface area contributed by atoms with E-state index < -0.39 is 37.7 Å². The molecule has 0 saturated carbocycles. The first kappa shape index (κ1) is 12.8. The number of carboxylic acid groups (broad SMARTS) is 2. The van der Waals surface area contributed by atoms with E-state index in [4.69, 9.17) is 20.4 Å². The second kappa shape index (κ2) is 6.30. The monoisotopic (exact) mass is 207 g/mol. The second-order valence-corrected chi connectivity index (χ2v) is 2.79. The van der Waals surface area contributed by atoms with Crippen LogP contribution in [0.2, 0.25) is 0 Å². The van der Waals surface area contributed by atoms with Crippen LogP contribution < -0.4 is 0 Å². The zero-order valence-electron chi connectivity index (χ0n) is 7.46. The van der Waals surface area contributed by atoms with Crippen molar-refractivity contribution in [2.45, 2.75) is 6.10 Å². The molecule has 14 heavy (non-hydrogen) atoms. The Morgan fingerprint density at radius 3 is 1.86 bits per heavy atom. The van der Waals surface area contributed by atoms with Crippen LogP contribution in [0.4, 0.5) is 0 Å². The van der Waals surface area contributed by atoms with Gasteiger partial charge < -0.3 is 20.4 Å². The third-order valence-electron chi connectivity index (χ3n) is 1.40. The van der Waals surface area contributed by atoms with Crippen molar-refractivity contribution in [2.75, 3.05) is 26.2 Å². The molecule has 0 aliphatic carbocycles. The van der Waals surface area contributed by atoms with E-state index >= 15 is 0 Å². The van der Waals surface area contributed by atoms with Crippen molar-refractivity contribution in [3.8, 4) is 0 Å². The zero-order valence-corrected chi connectivity index (χ0v) is 7.46. The number of aliphatic hydroxyl groups is 2. The number of carbonyl (C=O) groups is 2. The molecule has 0 fully saturated rings. The molecule has 0 radical (unpaired) electrons. The summed E-state index contributed by atoms with van der Waals surface area (Å²) in [6, 6.07) is 0. The lowest BCUT2D eigenvalue weighted by Crippen LogP contribution is -2.40. The van der Waals surface area contributed by atoms with Crippen LogP contribution in [-0.2, 0) is 9.59 Å². The molecule has 0 aliphatic rings. The van der Waals surface area contributed by atoms with Gasteiger partial charge in [0, 0.05) is 6.54 Å². The van der Waals surface area contributed by atoms with Crippen molar-refractivity contribution < 1.29 is 30.0 Å². The first-order valence-corrected chi connectivity index (χ1v) is 3.90. The van der Waals surface area contributed by atoms with E-state index in [1.165, 1.54) is 0 Å². The molecule has 0 rings (SSSR count). The van der Waals surface area contributed by atoms with Crippen molar-refractivity contribution in [1.82, 2.24) is 4.90 Å². The Labute approximate surface area is 80.2 Å². The van der Waals surface area contributed by atoms with Gasteiger partial charge in [-0.05, 0) is 0 Å². The Hall–Kier alpha value is -1.18. The fraction of sp³-hybridized carbons (Fsp3) is 0.714. The Bertz CT molecular complexity index is 190. The Morgan fingerprint density at radius 2 is 1.57 bits per heavy atom. The highest BCUT2D eigenvalue weighted by molar-refractivity contribution is 5.72. The van der Waals surface area contributed by atoms with E-state index in [2.05, 4.69) is 0 Å². The number of carboxylic acids is 2. The molecule has 0 aromatic rings. The first-order valence-electron chi connectivity index (χ1n) is 3.90. The lowest BCUT2D eigenvalue weighted by Gasteiger charge is -2.20. The van der Waals surface area contributed by atoms with Gasteiger partial charge in [-0.15, -0.1) is 0 Å². The van der Waals surface area contributed by atoms with E-state index in [1.807, 2.05) is 0 Å². The van der Waals surface area contributed by atoms with Crippen molar-refractivity contribution in [1.29, 1.82) is 0 Å². The van der Waals surface area contributed by atoms with Crippen molar-refractivity contribution in [3.63, 3.8) is 0 Å². The predicted octanol–water partition coefficient (Wildman–Crippen LogP) is -2.19. The maximum absolute atomic E-state index is 10.3. The lowest BCUT2D eigenvalue weighted by atomic mass is 10.3. The summed E-state index contributed by atoms with van der Waals surface area (Å²) in [7, 11) is 0. The van der Waals surface area contributed by atoms with Gasteiger partial charge in [-0.2, -0.15) is 0 Å². The molecule has 1 atom stereocenters. The summed E-state index contributed by atoms with van der Waals surface area (Å²) in [5.41, 5.74) is 0. The molecule has 1 unspecified atom stereocenters. The third kappa shape index (κ3) is 6.35. The molecule has 0 heterocycles. The topological polar surface area (TPSA) is 118 Å². The fourth-order valence-electron chi connectivity index (χ4n) is 0.923. The van der Waals surface area contributed by atoms with Crippen molar-refractivity contribution in [3.05, 3.63) is 0 Å². The van der Waals surface area contributed by atoms with Crippen LogP contribution in [0.5, 0.6) is 0 Å². The molecule has 0 bridgehead atoms. The molecule has 82 valence electrons. The van der Waals surface area contributed by atoms with Gasteiger partial charge in [-0.25, -0.2) is 0 Å². The standard InChI is InChI=1S/C7H13NO6/c9-4-5(10)1-8(2-6(11)12)3-7(13)14/h5,9-10H,1-4H2,(H,11,12)(H,13,14). The van der Waals surface area contributed by atoms with Crippen LogP contribution in [0.3, 0.4) is 0 Å². The second-order valence-electron chi connectivity index (χ2n) is 2.79. The van der Waals surface area contributed by atoms with E-state index in [1.54, 1.807) is 0 Å². The molecule has 0 saturated heterocycles. The van der Waals surface area contributed by atoms with E-state index in [-0.39, 0.29) is 6.54 Å². The van der Waals surface area contributed by atoms with Crippen LogP contribution in [0, 0.1) is 0 Å². The van der Waals surface area contributed by atoms with Gasteiger partial charge in [0.05, 0.1) is 25.8 Å². The maximum atomic E-state index is 10.3. The molecular weight excluding hydrogens is 194 g/mol. The molecular formula is C7H13NO6. The van der Waals surface area contributed by atoms with Crippen LogP contribution in [0.25, 0.3) is 0 Å². The summed E-state index contributed by atoms with van der Waals surface area (Å²) in [5.74, 6) is -2.37. The van der Waals surface area contributed by atoms with E-state index in [9.17, 15) is 9.59 Å². The first-order chi connectivity index (χ1) is 6.45. The maximum Gasteiger partial charge on any atom is 0.317 e. The van der Waals surface area contributed by atoms with E-state index in [0.29, 0.717) is 0 Å². The zero-order chi connectivity index (χ0) is 11.1. The molecule has 0 aromatic heterocycles. The van der Waals surface area contributed by atoms with Crippen LogP contribution in [0.1, 0.15) is 0 Å². The number of hydrogen-bond acceptors (Lipinski definition) is 5. The number of aliphatic hydroxyl groups excluding tert-OH is 2. The smallest absolute Gasteiger partial charge is 0.317 e. The average molecular weight is 207 g/mol. The predicted molar refractivity (Wildman–Crippen MR) is 44.8 cm³/mol. The van der Waals surface area contributed by atoms with Gasteiger partial charge in [0.25, 0.3) is 0 Å². The van der Waals surface area contributed by atoms with Gasteiger partial charge >= 0.3 is 11.9 Å². The third-order valence-corrected chi connectivity index (χ3v) is 1.40. The van der Waals surface area contributed by atoms with Crippen molar-refractivity contribution in [2.24, 2.45) is 0 Å². The van der Waals surface area contributed by atoms with Gasteiger partial charge in [0.15, 0.2) is 0 Å². The minimum Gasteiger partial charge on any atom is -0.480 e. The minimum atomic E-state index is -1.18. The molecule has 4 N–H and O–H groups in total. The Kier molecular flexibility index (Phi) is 5.77.